The number of benzene rings is 2. The van der Waals surface area contributed by atoms with Gasteiger partial charge < -0.3 is 0 Å². The fraction of sp³-hybridized carbons (Fsp3) is 0.368. The highest BCUT2D eigenvalue weighted by atomic mass is 32.2. The second-order valence-corrected chi connectivity index (χ2v) is 8.31. The first-order valence-electron chi connectivity index (χ1n) is 7.63. The van der Waals surface area contributed by atoms with Crippen LogP contribution in [0.2, 0.25) is 0 Å². The van der Waals surface area contributed by atoms with Gasteiger partial charge in [-0.05, 0) is 22.6 Å². The molecule has 0 aliphatic rings. The van der Waals surface area contributed by atoms with Crippen LogP contribution in [0.4, 0.5) is 0 Å². The summed E-state index contributed by atoms with van der Waals surface area (Å²) < 4.78 is 0.0894. The van der Waals surface area contributed by atoms with Crippen LogP contribution in [0.5, 0.6) is 0 Å². The topological polar surface area (TPSA) is 0 Å². The third-order valence-corrected chi connectivity index (χ3v) is 7.08. The monoisotopic (exact) mass is 316 g/mol. The molecule has 21 heavy (non-hydrogen) atoms. The Kier molecular flexibility index (Phi) is 6.25. The van der Waals surface area contributed by atoms with Crippen LogP contribution in [0.15, 0.2) is 60.7 Å². The van der Waals surface area contributed by atoms with Gasteiger partial charge >= 0.3 is 0 Å². The van der Waals surface area contributed by atoms with Gasteiger partial charge in [0, 0.05) is 5.92 Å². The molecule has 2 rings (SSSR count). The standard InChI is InChI=1S/C19H24S2/c1-4-20-19(21-5-2,18-14-10-7-11-15-18)16(3)17-12-8-6-9-13-17/h6-16H,4-5H2,1-3H3/t16-/m0/s1. The lowest BCUT2D eigenvalue weighted by molar-refractivity contribution is 0.693. The summed E-state index contributed by atoms with van der Waals surface area (Å²) in [5.74, 6) is 2.72. The molecular weight excluding hydrogens is 292 g/mol. The predicted molar refractivity (Wildman–Crippen MR) is 99.2 cm³/mol. The smallest absolute Gasteiger partial charge is 0.0925 e. The first kappa shape index (κ1) is 16.5. The fourth-order valence-electron chi connectivity index (χ4n) is 2.77. The quantitative estimate of drug-likeness (QED) is 0.562. The molecule has 0 nitrogen and oxygen atoms in total. The Morgan fingerprint density at radius 3 is 1.76 bits per heavy atom. The number of hydrogen-bond acceptors (Lipinski definition) is 2. The van der Waals surface area contributed by atoms with E-state index in [4.69, 9.17) is 0 Å². The largest absolute Gasteiger partial charge is 0.139 e. The number of hydrogen-bond donors (Lipinski definition) is 0. The van der Waals surface area contributed by atoms with Gasteiger partial charge in [-0.15, -0.1) is 23.5 Å². The highest BCUT2D eigenvalue weighted by molar-refractivity contribution is 8.17. The van der Waals surface area contributed by atoms with E-state index in [-0.39, 0.29) is 4.08 Å². The molecule has 0 unspecified atom stereocenters. The van der Waals surface area contributed by atoms with E-state index in [0.29, 0.717) is 5.92 Å². The Hall–Kier alpha value is -0.860. The molecule has 0 bridgehead atoms. The molecule has 0 aliphatic carbocycles. The van der Waals surface area contributed by atoms with Gasteiger partial charge in [-0.2, -0.15) is 0 Å². The highest BCUT2D eigenvalue weighted by Crippen LogP contribution is 2.55. The van der Waals surface area contributed by atoms with E-state index in [0.717, 1.165) is 11.5 Å². The third-order valence-electron chi connectivity index (χ3n) is 3.76. The van der Waals surface area contributed by atoms with Crippen LogP contribution in [0, 0.1) is 0 Å². The third kappa shape index (κ3) is 3.67. The van der Waals surface area contributed by atoms with Crippen LogP contribution < -0.4 is 0 Å². The van der Waals surface area contributed by atoms with Crippen molar-refractivity contribution in [3.05, 3.63) is 71.8 Å². The van der Waals surface area contributed by atoms with Crippen LogP contribution >= 0.6 is 23.5 Å². The minimum Gasteiger partial charge on any atom is -0.139 e. The van der Waals surface area contributed by atoms with Gasteiger partial charge in [0.15, 0.2) is 0 Å². The first-order chi connectivity index (χ1) is 10.2. The highest BCUT2D eigenvalue weighted by Gasteiger charge is 2.38. The molecule has 1 atom stereocenters. The summed E-state index contributed by atoms with van der Waals surface area (Å²) in [6.07, 6.45) is 0. The van der Waals surface area contributed by atoms with Crippen molar-refractivity contribution in [3.8, 4) is 0 Å². The summed E-state index contributed by atoms with van der Waals surface area (Å²) in [5.41, 5.74) is 2.85. The molecule has 0 fully saturated rings. The van der Waals surface area contributed by atoms with E-state index >= 15 is 0 Å². The first-order valence-corrected chi connectivity index (χ1v) is 9.60. The van der Waals surface area contributed by atoms with Gasteiger partial charge in [0.05, 0.1) is 4.08 Å². The van der Waals surface area contributed by atoms with Crippen molar-refractivity contribution in [2.75, 3.05) is 11.5 Å². The summed E-state index contributed by atoms with van der Waals surface area (Å²) in [4.78, 5) is 0. The van der Waals surface area contributed by atoms with Gasteiger partial charge in [0.2, 0.25) is 0 Å². The van der Waals surface area contributed by atoms with Crippen molar-refractivity contribution in [1.82, 2.24) is 0 Å². The van der Waals surface area contributed by atoms with Gasteiger partial charge in [-0.1, -0.05) is 81.4 Å². The van der Waals surface area contributed by atoms with Gasteiger partial charge in [0.25, 0.3) is 0 Å². The Balaban J connectivity index is 2.48. The number of rotatable bonds is 7. The van der Waals surface area contributed by atoms with Crippen molar-refractivity contribution in [2.45, 2.75) is 30.8 Å². The van der Waals surface area contributed by atoms with E-state index in [1.807, 2.05) is 0 Å². The predicted octanol–water partition coefficient (Wildman–Crippen LogP) is 6.15. The Bertz CT molecular complexity index is 516. The van der Waals surface area contributed by atoms with Gasteiger partial charge in [-0.3, -0.25) is 0 Å². The zero-order chi connectivity index (χ0) is 15.1. The van der Waals surface area contributed by atoms with Crippen molar-refractivity contribution in [1.29, 1.82) is 0 Å². The molecule has 0 spiro atoms. The van der Waals surface area contributed by atoms with Crippen molar-refractivity contribution in [2.24, 2.45) is 0 Å². The van der Waals surface area contributed by atoms with E-state index in [1.54, 1.807) is 0 Å². The molecule has 0 radical (unpaired) electrons. The summed E-state index contributed by atoms with van der Waals surface area (Å²) in [6.45, 7) is 6.89. The van der Waals surface area contributed by atoms with E-state index in [2.05, 4.69) is 105 Å². The normalized spacial score (nSPS) is 13.1. The van der Waals surface area contributed by atoms with Crippen LogP contribution in [0.25, 0.3) is 0 Å². The van der Waals surface area contributed by atoms with E-state index < -0.39 is 0 Å². The molecule has 2 aromatic rings. The van der Waals surface area contributed by atoms with Crippen LogP contribution in [-0.4, -0.2) is 11.5 Å². The maximum atomic E-state index is 2.37. The zero-order valence-corrected chi connectivity index (χ0v) is 14.7. The maximum absolute atomic E-state index is 2.37. The minimum absolute atomic E-state index is 0.0894. The van der Waals surface area contributed by atoms with Crippen molar-refractivity contribution in [3.63, 3.8) is 0 Å². The molecule has 0 saturated heterocycles. The number of thioether (sulfide) groups is 2. The molecule has 2 heteroatoms. The second-order valence-electron chi connectivity index (χ2n) is 5.03. The summed E-state index contributed by atoms with van der Waals surface area (Å²) in [7, 11) is 0. The van der Waals surface area contributed by atoms with Crippen molar-refractivity contribution < 1.29 is 0 Å². The molecular formula is C19H24S2. The molecule has 0 N–H and O–H groups in total. The van der Waals surface area contributed by atoms with Crippen LogP contribution in [0.1, 0.15) is 37.8 Å². The fourth-order valence-corrected chi connectivity index (χ4v) is 6.04. The van der Waals surface area contributed by atoms with Crippen molar-refractivity contribution >= 4 is 23.5 Å². The summed E-state index contributed by atoms with van der Waals surface area (Å²) >= 11 is 4.13. The lowest BCUT2D eigenvalue weighted by atomic mass is 9.92. The minimum atomic E-state index is 0.0894. The molecule has 0 heterocycles. The second kappa shape index (κ2) is 7.95. The molecule has 112 valence electrons. The van der Waals surface area contributed by atoms with Gasteiger partial charge in [0.1, 0.15) is 0 Å². The molecule has 0 aliphatic heterocycles. The average Bonchev–Trinajstić information content (AvgIpc) is 2.55. The van der Waals surface area contributed by atoms with Gasteiger partial charge in [-0.25, -0.2) is 0 Å². The van der Waals surface area contributed by atoms with E-state index in [1.165, 1.54) is 11.1 Å². The molecule has 0 amide bonds. The van der Waals surface area contributed by atoms with E-state index in [9.17, 15) is 0 Å². The lowest BCUT2D eigenvalue weighted by Crippen LogP contribution is -2.26. The SMILES string of the molecule is CCSC(SCC)(c1ccccc1)[C@@H](C)c1ccccc1. The van der Waals surface area contributed by atoms with Crippen LogP contribution in [0.3, 0.4) is 0 Å². The Morgan fingerprint density at radius 2 is 1.29 bits per heavy atom. The molecule has 0 saturated carbocycles. The average molecular weight is 317 g/mol. The summed E-state index contributed by atoms with van der Waals surface area (Å²) in [6, 6.07) is 21.9. The Labute approximate surface area is 137 Å². The van der Waals surface area contributed by atoms with Crippen LogP contribution in [-0.2, 0) is 4.08 Å². The zero-order valence-electron chi connectivity index (χ0n) is 13.1. The lowest BCUT2D eigenvalue weighted by Gasteiger charge is -2.39. The molecule has 2 aromatic carbocycles. The summed E-state index contributed by atoms with van der Waals surface area (Å²) in [5, 5.41) is 0. The molecule has 0 aromatic heterocycles. The maximum Gasteiger partial charge on any atom is 0.0925 e. The Morgan fingerprint density at radius 1 is 0.810 bits per heavy atom.